The zero-order valence-corrected chi connectivity index (χ0v) is 19.6. The van der Waals surface area contributed by atoms with Crippen LogP contribution in [0.15, 0.2) is 52.9 Å². The Morgan fingerprint density at radius 1 is 1.09 bits per heavy atom. The Kier molecular flexibility index (Phi) is 6.85. The Bertz CT molecular complexity index is 984. The van der Waals surface area contributed by atoms with Gasteiger partial charge in [0.1, 0.15) is 6.54 Å². The predicted molar refractivity (Wildman–Crippen MR) is 128 cm³/mol. The molecule has 33 heavy (non-hydrogen) atoms. The van der Waals surface area contributed by atoms with Crippen LogP contribution in [0.3, 0.4) is 0 Å². The van der Waals surface area contributed by atoms with Crippen LogP contribution in [0.4, 0.5) is 0 Å². The van der Waals surface area contributed by atoms with Crippen LogP contribution in [0, 0.1) is 5.92 Å². The van der Waals surface area contributed by atoms with E-state index in [-0.39, 0.29) is 30.3 Å². The van der Waals surface area contributed by atoms with Gasteiger partial charge in [-0.2, -0.15) is 5.10 Å². The van der Waals surface area contributed by atoms with Gasteiger partial charge >= 0.3 is 0 Å². The van der Waals surface area contributed by atoms with Gasteiger partial charge in [-0.25, -0.2) is 5.01 Å². The van der Waals surface area contributed by atoms with Crippen molar-refractivity contribution >= 4 is 28.9 Å². The molecule has 0 unspecified atom stereocenters. The SMILES string of the molecule is O=C(C1CC1)N(CCN1CCOCC1)CC(=O)N1N=C(c2cccs2)C[C@@H]1c1ccccc1. The highest BCUT2D eigenvalue weighted by Crippen LogP contribution is 2.34. The molecule has 1 atom stereocenters. The third kappa shape index (κ3) is 5.34. The summed E-state index contributed by atoms with van der Waals surface area (Å²) in [5.74, 6) is 0.0667. The Morgan fingerprint density at radius 3 is 2.58 bits per heavy atom. The molecule has 1 aromatic heterocycles. The average Bonchev–Trinajstić information content (AvgIpc) is 3.37. The zero-order valence-electron chi connectivity index (χ0n) is 18.8. The quantitative estimate of drug-likeness (QED) is 0.600. The minimum atomic E-state index is -0.145. The van der Waals surface area contributed by atoms with Crippen molar-refractivity contribution in [3.05, 3.63) is 58.3 Å². The van der Waals surface area contributed by atoms with Gasteiger partial charge < -0.3 is 9.64 Å². The van der Waals surface area contributed by atoms with E-state index in [1.165, 1.54) is 0 Å². The molecule has 2 aromatic rings. The number of carbonyl (C=O) groups is 2. The highest BCUT2D eigenvalue weighted by atomic mass is 32.1. The second-order valence-electron chi connectivity index (χ2n) is 8.88. The van der Waals surface area contributed by atoms with Crippen molar-refractivity contribution in [3.8, 4) is 0 Å². The second kappa shape index (κ2) is 10.2. The summed E-state index contributed by atoms with van der Waals surface area (Å²) in [6, 6.07) is 14.0. The number of rotatable bonds is 8. The summed E-state index contributed by atoms with van der Waals surface area (Å²) in [6.45, 7) is 4.59. The summed E-state index contributed by atoms with van der Waals surface area (Å²) in [5.41, 5.74) is 2.00. The minimum absolute atomic E-state index is 0.0736. The zero-order chi connectivity index (χ0) is 22.6. The molecule has 1 aliphatic carbocycles. The number of thiophene rings is 1. The number of hydrogen-bond donors (Lipinski definition) is 0. The van der Waals surface area contributed by atoms with Crippen LogP contribution in [0.1, 0.15) is 35.7 Å². The van der Waals surface area contributed by atoms with Crippen molar-refractivity contribution in [1.82, 2.24) is 14.8 Å². The molecule has 2 aliphatic heterocycles. The van der Waals surface area contributed by atoms with E-state index >= 15 is 0 Å². The summed E-state index contributed by atoms with van der Waals surface area (Å²) in [6.07, 6.45) is 2.54. The van der Waals surface area contributed by atoms with Crippen molar-refractivity contribution in [3.63, 3.8) is 0 Å². The molecule has 1 saturated carbocycles. The number of nitrogens with zero attached hydrogens (tertiary/aromatic N) is 4. The summed E-state index contributed by atoms with van der Waals surface area (Å²) < 4.78 is 5.43. The fourth-order valence-corrected chi connectivity index (χ4v) is 5.17. The van der Waals surface area contributed by atoms with Crippen LogP contribution in [0.2, 0.25) is 0 Å². The lowest BCUT2D eigenvalue weighted by atomic mass is 10.0. The number of morpholine rings is 1. The van der Waals surface area contributed by atoms with E-state index in [9.17, 15) is 9.59 Å². The van der Waals surface area contributed by atoms with Gasteiger partial charge in [0.2, 0.25) is 5.91 Å². The van der Waals surface area contributed by atoms with E-state index in [1.54, 1.807) is 21.2 Å². The lowest BCUT2D eigenvalue weighted by molar-refractivity contribution is -0.142. The predicted octanol–water partition coefficient (Wildman–Crippen LogP) is 3.00. The molecule has 1 aromatic carbocycles. The van der Waals surface area contributed by atoms with Crippen molar-refractivity contribution < 1.29 is 14.3 Å². The number of hydrazone groups is 1. The normalized spacial score (nSPS) is 21.2. The Hall–Kier alpha value is -2.55. The van der Waals surface area contributed by atoms with E-state index in [2.05, 4.69) is 4.90 Å². The molecular formula is C25H30N4O3S. The first-order valence-electron chi connectivity index (χ1n) is 11.8. The van der Waals surface area contributed by atoms with E-state index in [4.69, 9.17) is 9.84 Å². The topological polar surface area (TPSA) is 65.5 Å². The highest BCUT2D eigenvalue weighted by Gasteiger charge is 2.38. The molecular weight excluding hydrogens is 436 g/mol. The molecule has 5 rings (SSSR count). The van der Waals surface area contributed by atoms with Gasteiger partial charge in [-0.3, -0.25) is 14.5 Å². The monoisotopic (exact) mass is 466 g/mol. The lowest BCUT2D eigenvalue weighted by Gasteiger charge is -2.31. The van der Waals surface area contributed by atoms with Crippen LogP contribution in [0.25, 0.3) is 0 Å². The molecule has 8 heteroatoms. The number of ether oxygens (including phenoxy) is 1. The number of amides is 2. The molecule has 0 bridgehead atoms. The average molecular weight is 467 g/mol. The summed E-state index contributed by atoms with van der Waals surface area (Å²) in [4.78, 5) is 31.7. The van der Waals surface area contributed by atoms with Crippen molar-refractivity contribution in [2.45, 2.75) is 25.3 Å². The molecule has 0 spiro atoms. The summed E-state index contributed by atoms with van der Waals surface area (Å²) >= 11 is 1.64. The largest absolute Gasteiger partial charge is 0.379 e. The van der Waals surface area contributed by atoms with Crippen molar-refractivity contribution in [2.24, 2.45) is 11.0 Å². The smallest absolute Gasteiger partial charge is 0.262 e. The molecule has 1 saturated heterocycles. The Labute approximate surface area is 198 Å². The molecule has 0 N–H and O–H groups in total. The maximum Gasteiger partial charge on any atom is 0.262 e. The van der Waals surface area contributed by atoms with Crippen LogP contribution < -0.4 is 0 Å². The fraction of sp³-hybridized carbons (Fsp3) is 0.480. The lowest BCUT2D eigenvalue weighted by Crippen LogP contribution is -2.47. The van der Waals surface area contributed by atoms with E-state index in [0.29, 0.717) is 13.0 Å². The summed E-state index contributed by atoms with van der Waals surface area (Å²) in [7, 11) is 0. The molecule has 174 valence electrons. The first-order valence-corrected chi connectivity index (χ1v) is 12.6. The maximum atomic E-state index is 13.5. The van der Waals surface area contributed by atoms with Gasteiger partial charge in [0, 0.05) is 38.5 Å². The number of carbonyl (C=O) groups excluding carboxylic acids is 2. The summed E-state index contributed by atoms with van der Waals surface area (Å²) in [5, 5.41) is 8.40. The number of hydrogen-bond acceptors (Lipinski definition) is 6. The van der Waals surface area contributed by atoms with E-state index in [1.807, 2.05) is 47.8 Å². The minimum Gasteiger partial charge on any atom is -0.379 e. The Morgan fingerprint density at radius 2 is 1.88 bits per heavy atom. The second-order valence-corrected chi connectivity index (χ2v) is 9.83. The Balaban J connectivity index is 1.32. The highest BCUT2D eigenvalue weighted by molar-refractivity contribution is 7.12. The number of benzene rings is 1. The van der Waals surface area contributed by atoms with Gasteiger partial charge in [-0.05, 0) is 29.9 Å². The van der Waals surface area contributed by atoms with Gasteiger partial charge in [-0.15, -0.1) is 11.3 Å². The van der Waals surface area contributed by atoms with Gasteiger partial charge in [-0.1, -0.05) is 36.4 Å². The fourth-order valence-electron chi connectivity index (χ4n) is 4.44. The van der Waals surface area contributed by atoms with Crippen LogP contribution in [0.5, 0.6) is 0 Å². The van der Waals surface area contributed by atoms with E-state index in [0.717, 1.165) is 61.8 Å². The molecule has 3 aliphatic rings. The first-order chi connectivity index (χ1) is 16.2. The van der Waals surface area contributed by atoms with Gasteiger partial charge in [0.05, 0.1) is 29.8 Å². The molecule has 3 heterocycles. The third-order valence-electron chi connectivity index (χ3n) is 6.51. The first kappa shape index (κ1) is 22.3. The van der Waals surface area contributed by atoms with Crippen LogP contribution >= 0.6 is 11.3 Å². The molecule has 0 radical (unpaired) electrons. The van der Waals surface area contributed by atoms with Gasteiger partial charge in [0.15, 0.2) is 0 Å². The third-order valence-corrected chi connectivity index (χ3v) is 7.43. The molecule has 7 nitrogen and oxygen atoms in total. The maximum absolute atomic E-state index is 13.5. The standard InChI is InChI=1S/C25H30N4O3S/c30-24(18-28(25(31)20-8-9-20)11-10-27-12-14-32-15-13-27)29-22(19-5-2-1-3-6-19)17-21(26-29)23-7-4-16-33-23/h1-7,16,20,22H,8-15,17-18H2/t22-/m1/s1. The van der Waals surface area contributed by atoms with Crippen molar-refractivity contribution in [1.29, 1.82) is 0 Å². The molecule has 2 fully saturated rings. The van der Waals surface area contributed by atoms with Crippen LogP contribution in [-0.4, -0.2) is 78.3 Å². The van der Waals surface area contributed by atoms with Gasteiger partial charge in [0.25, 0.3) is 5.91 Å². The van der Waals surface area contributed by atoms with Crippen LogP contribution in [-0.2, 0) is 14.3 Å². The van der Waals surface area contributed by atoms with Crippen molar-refractivity contribution in [2.75, 3.05) is 45.9 Å². The van der Waals surface area contributed by atoms with E-state index < -0.39 is 0 Å². The molecule has 2 amide bonds.